The van der Waals surface area contributed by atoms with Crippen molar-refractivity contribution in [1.82, 2.24) is 4.90 Å². The number of rotatable bonds is 7. The maximum atomic E-state index is 12.6. The fourth-order valence-corrected chi connectivity index (χ4v) is 1.28. The van der Waals surface area contributed by atoms with Crippen LogP contribution < -0.4 is 5.73 Å². The molecule has 0 radical (unpaired) electrons. The zero-order chi connectivity index (χ0) is 14.3. The van der Waals surface area contributed by atoms with Crippen LogP contribution in [0.3, 0.4) is 0 Å². The molecule has 18 heavy (non-hydrogen) atoms. The van der Waals surface area contributed by atoms with Gasteiger partial charge in [-0.25, -0.2) is 0 Å². The smallest absolute Gasteiger partial charge is 0.400 e. The standard InChI is InChI=1S/C10H20F3N3O2/c1-7(2)18-5-4-16(3)6-8(9(14)15-17)10(11,12)13/h7-8,17H,4-6H2,1-3H3,(H2,14,15). The van der Waals surface area contributed by atoms with Gasteiger partial charge < -0.3 is 20.6 Å². The van der Waals surface area contributed by atoms with Crippen LogP contribution in [0.5, 0.6) is 0 Å². The second kappa shape index (κ2) is 7.42. The SMILES string of the molecule is CC(C)OCCN(C)CC(C(N)=NO)C(F)(F)F. The number of oxime groups is 1. The first kappa shape index (κ1) is 17.0. The summed E-state index contributed by atoms with van der Waals surface area (Å²) in [6.45, 7) is 3.98. The minimum Gasteiger partial charge on any atom is -0.409 e. The zero-order valence-corrected chi connectivity index (χ0v) is 10.7. The molecule has 0 rings (SSSR count). The molecule has 8 heteroatoms. The fourth-order valence-electron chi connectivity index (χ4n) is 1.28. The topological polar surface area (TPSA) is 71.1 Å². The van der Waals surface area contributed by atoms with Gasteiger partial charge >= 0.3 is 6.18 Å². The molecule has 0 aromatic carbocycles. The Morgan fingerprint density at radius 2 is 2.00 bits per heavy atom. The summed E-state index contributed by atoms with van der Waals surface area (Å²) in [7, 11) is 1.52. The van der Waals surface area contributed by atoms with Crippen molar-refractivity contribution in [1.29, 1.82) is 0 Å². The van der Waals surface area contributed by atoms with E-state index in [1.165, 1.54) is 11.9 Å². The minimum atomic E-state index is -4.54. The third-order valence-electron chi connectivity index (χ3n) is 2.29. The Balaban J connectivity index is 4.33. The van der Waals surface area contributed by atoms with E-state index in [9.17, 15) is 13.2 Å². The second-order valence-corrected chi connectivity index (χ2v) is 4.30. The van der Waals surface area contributed by atoms with Gasteiger partial charge in [-0.05, 0) is 20.9 Å². The highest BCUT2D eigenvalue weighted by Crippen LogP contribution is 2.26. The molecule has 1 atom stereocenters. The molecule has 0 aliphatic heterocycles. The monoisotopic (exact) mass is 271 g/mol. The number of nitrogens with zero attached hydrogens (tertiary/aromatic N) is 2. The highest BCUT2D eigenvalue weighted by Gasteiger charge is 2.43. The second-order valence-electron chi connectivity index (χ2n) is 4.30. The van der Waals surface area contributed by atoms with Gasteiger partial charge in [0.15, 0.2) is 5.84 Å². The van der Waals surface area contributed by atoms with Crippen LogP contribution in [-0.4, -0.2) is 55.0 Å². The molecular formula is C10H20F3N3O2. The molecular weight excluding hydrogens is 251 g/mol. The van der Waals surface area contributed by atoms with Crippen LogP contribution in [0, 0.1) is 5.92 Å². The van der Waals surface area contributed by atoms with Gasteiger partial charge in [-0.3, -0.25) is 0 Å². The number of hydrogen-bond donors (Lipinski definition) is 2. The third kappa shape index (κ3) is 6.65. The molecule has 108 valence electrons. The summed E-state index contributed by atoms with van der Waals surface area (Å²) < 4.78 is 43.1. The molecule has 0 amide bonds. The van der Waals surface area contributed by atoms with Gasteiger partial charge in [-0.2, -0.15) is 13.2 Å². The lowest BCUT2D eigenvalue weighted by molar-refractivity contribution is -0.160. The van der Waals surface area contributed by atoms with Crippen molar-refractivity contribution in [2.45, 2.75) is 26.1 Å². The molecule has 0 aliphatic carbocycles. The lowest BCUT2D eigenvalue weighted by Gasteiger charge is -2.25. The first-order chi connectivity index (χ1) is 8.18. The molecule has 5 nitrogen and oxygen atoms in total. The molecule has 1 unspecified atom stereocenters. The summed E-state index contributed by atoms with van der Waals surface area (Å²) in [5, 5.41) is 10.8. The molecule has 0 aromatic heterocycles. The van der Waals surface area contributed by atoms with E-state index in [2.05, 4.69) is 5.16 Å². The molecule has 0 fully saturated rings. The molecule has 0 heterocycles. The van der Waals surface area contributed by atoms with Crippen molar-refractivity contribution >= 4 is 5.84 Å². The van der Waals surface area contributed by atoms with Crippen molar-refractivity contribution in [2.75, 3.05) is 26.7 Å². The predicted molar refractivity (Wildman–Crippen MR) is 61.5 cm³/mol. The van der Waals surface area contributed by atoms with Crippen molar-refractivity contribution < 1.29 is 23.1 Å². The molecule has 3 N–H and O–H groups in total. The number of alkyl halides is 3. The lowest BCUT2D eigenvalue weighted by Crippen LogP contribution is -2.44. The maximum absolute atomic E-state index is 12.6. The summed E-state index contributed by atoms with van der Waals surface area (Å²) in [5.74, 6) is -2.81. The van der Waals surface area contributed by atoms with Crippen LogP contribution in [0.15, 0.2) is 5.16 Å². The van der Waals surface area contributed by atoms with E-state index >= 15 is 0 Å². The van der Waals surface area contributed by atoms with Crippen LogP contribution in [0.25, 0.3) is 0 Å². The summed E-state index contributed by atoms with van der Waals surface area (Å²) >= 11 is 0. The zero-order valence-electron chi connectivity index (χ0n) is 10.7. The van der Waals surface area contributed by atoms with Crippen LogP contribution in [0.1, 0.15) is 13.8 Å². The molecule has 0 aliphatic rings. The van der Waals surface area contributed by atoms with Crippen molar-refractivity contribution in [2.24, 2.45) is 16.8 Å². The van der Waals surface area contributed by atoms with Gasteiger partial charge in [-0.1, -0.05) is 5.16 Å². The molecule has 0 saturated carbocycles. The Bertz CT molecular complexity index is 270. The Labute approximate surface area is 104 Å². The van der Waals surface area contributed by atoms with Crippen LogP contribution in [0.2, 0.25) is 0 Å². The normalized spacial score (nSPS) is 15.4. The van der Waals surface area contributed by atoms with Gasteiger partial charge in [0.2, 0.25) is 0 Å². The third-order valence-corrected chi connectivity index (χ3v) is 2.29. The Hall–Kier alpha value is -1.02. The van der Waals surface area contributed by atoms with Gasteiger partial charge in [0, 0.05) is 13.1 Å². The van der Waals surface area contributed by atoms with Gasteiger partial charge in [0.1, 0.15) is 5.92 Å². The van der Waals surface area contributed by atoms with Gasteiger partial charge in [0.25, 0.3) is 0 Å². The van der Waals surface area contributed by atoms with E-state index < -0.39 is 17.9 Å². The van der Waals surface area contributed by atoms with Crippen molar-refractivity contribution in [3.63, 3.8) is 0 Å². The number of halogens is 3. The molecule has 0 saturated heterocycles. The quantitative estimate of drug-likeness (QED) is 0.316. The maximum Gasteiger partial charge on any atom is 0.400 e. The van der Waals surface area contributed by atoms with Gasteiger partial charge in [0.05, 0.1) is 12.7 Å². The van der Waals surface area contributed by atoms with Crippen LogP contribution in [-0.2, 0) is 4.74 Å². The summed E-state index contributed by atoms with van der Waals surface area (Å²) in [5.41, 5.74) is 5.05. The van der Waals surface area contributed by atoms with E-state index in [0.717, 1.165) is 0 Å². The Morgan fingerprint density at radius 1 is 1.44 bits per heavy atom. The number of likely N-dealkylation sites (N-methyl/N-ethyl adjacent to an activating group) is 1. The highest BCUT2D eigenvalue weighted by molar-refractivity contribution is 5.83. The van der Waals surface area contributed by atoms with Crippen molar-refractivity contribution in [3.8, 4) is 0 Å². The van der Waals surface area contributed by atoms with Crippen LogP contribution >= 0.6 is 0 Å². The minimum absolute atomic E-state index is 0.0286. The largest absolute Gasteiger partial charge is 0.409 e. The van der Waals surface area contributed by atoms with E-state index in [0.29, 0.717) is 13.2 Å². The Morgan fingerprint density at radius 3 is 2.39 bits per heavy atom. The van der Waals surface area contributed by atoms with Crippen molar-refractivity contribution in [3.05, 3.63) is 0 Å². The van der Waals surface area contributed by atoms with E-state index in [1.807, 2.05) is 13.8 Å². The lowest BCUT2D eigenvalue weighted by atomic mass is 10.1. The fraction of sp³-hybridized carbons (Fsp3) is 0.900. The molecule has 0 bridgehead atoms. The summed E-state index contributed by atoms with van der Waals surface area (Å²) in [4.78, 5) is 1.43. The Kier molecular flexibility index (Phi) is 7.00. The summed E-state index contributed by atoms with van der Waals surface area (Å²) in [6, 6.07) is 0. The average Bonchev–Trinajstić information content (AvgIpc) is 2.22. The highest BCUT2D eigenvalue weighted by atomic mass is 19.4. The van der Waals surface area contributed by atoms with E-state index in [4.69, 9.17) is 15.7 Å². The van der Waals surface area contributed by atoms with Gasteiger partial charge in [-0.15, -0.1) is 0 Å². The van der Waals surface area contributed by atoms with Crippen LogP contribution in [0.4, 0.5) is 13.2 Å². The molecule has 0 spiro atoms. The predicted octanol–water partition coefficient (Wildman–Crippen LogP) is 1.27. The van der Waals surface area contributed by atoms with E-state index in [-0.39, 0.29) is 12.6 Å². The first-order valence-corrected chi connectivity index (χ1v) is 5.52. The first-order valence-electron chi connectivity index (χ1n) is 5.52. The number of nitrogens with two attached hydrogens (primary N) is 1. The number of ether oxygens (including phenoxy) is 1. The number of hydrogen-bond acceptors (Lipinski definition) is 4. The molecule has 0 aromatic rings. The average molecular weight is 271 g/mol. The number of amidine groups is 1. The van der Waals surface area contributed by atoms with E-state index in [1.54, 1.807) is 0 Å². The summed E-state index contributed by atoms with van der Waals surface area (Å²) in [6.07, 6.45) is -4.51.